The molecule has 2 atom stereocenters. The van der Waals surface area contributed by atoms with E-state index in [0.29, 0.717) is 6.10 Å². The Bertz CT molecular complexity index is 203. The van der Waals surface area contributed by atoms with Crippen LogP contribution >= 0.6 is 0 Å². The van der Waals surface area contributed by atoms with E-state index in [1.165, 1.54) is 64.2 Å². The average Bonchev–Trinajstić information content (AvgIpc) is 3.23. The van der Waals surface area contributed by atoms with Gasteiger partial charge >= 0.3 is 0 Å². The van der Waals surface area contributed by atoms with Crippen LogP contribution in [0.4, 0.5) is 0 Å². The van der Waals surface area contributed by atoms with Gasteiger partial charge in [-0.25, -0.2) is 0 Å². The van der Waals surface area contributed by atoms with E-state index in [1.54, 1.807) is 0 Å². The minimum atomic E-state index is 0.271. The zero-order chi connectivity index (χ0) is 13.9. The van der Waals surface area contributed by atoms with E-state index in [0.717, 1.165) is 18.9 Å². The molecule has 2 nitrogen and oxygen atoms in total. The number of ether oxygens (including phenoxy) is 1. The van der Waals surface area contributed by atoms with Crippen LogP contribution in [0.25, 0.3) is 0 Å². The zero-order valence-corrected chi connectivity index (χ0v) is 13.2. The molecule has 0 spiro atoms. The van der Waals surface area contributed by atoms with Crippen LogP contribution in [0.2, 0.25) is 0 Å². The van der Waals surface area contributed by atoms with Crippen molar-refractivity contribution in [3.05, 3.63) is 0 Å². The van der Waals surface area contributed by atoms with Crippen molar-refractivity contribution >= 4 is 0 Å². The Kier molecular flexibility index (Phi) is 9.54. The van der Waals surface area contributed by atoms with Crippen molar-refractivity contribution in [2.24, 2.45) is 11.7 Å². The van der Waals surface area contributed by atoms with Crippen molar-refractivity contribution in [3.8, 4) is 0 Å². The van der Waals surface area contributed by atoms with Gasteiger partial charge in [-0.2, -0.15) is 0 Å². The van der Waals surface area contributed by atoms with Gasteiger partial charge in [-0.1, -0.05) is 58.3 Å². The molecule has 0 aromatic rings. The van der Waals surface area contributed by atoms with Gasteiger partial charge in [0.25, 0.3) is 0 Å². The maximum atomic E-state index is 6.30. The summed E-state index contributed by atoms with van der Waals surface area (Å²) in [6.45, 7) is 5.17. The zero-order valence-electron chi connectivity index (χ0n) is 13.2. The molecule has 19 heavy (non-hydrogen) atoms. The fourth-order valence-corrected chi connectivity index (χ4v) is 2.90. The van der Waals surface area contributed by atoms with Crippen LogP contribution < -0.4 is 5.73 Å². The molecule has 0 aromatic heterocycles. The molecular weight excluding hydrogens is 234 g/mol. The Balaban J connectivity index is 1.95. The predicted molar refractivity (Wildman–Crippen MR) is 83.3 cm³/mol. The van der Waals surface area contributed by atoms with Gasteiger partial charge in [0.2, 0.25) is 0 Å². The molecule has 0 aromatic carbocycles. The van der Waals surface area contributed by atoms with Gasteiger partial charge in [0.15, 0.2) is 0 Å². The van der Waals surface area contributed by atoms with Crippen LogP contribution in [0, 0.1) is 5.92 Å². The van der Waals surface area contributed by atoms with Crippen LogP contribution in [0.3, 0.4) is 0 Å². The van der Waals surface area contributed by atoms with Gasteiger partial charge < -0.3 is 10.5 Å². The number of unbranched alkanes of at least 4 members (excludes halogenated alkanes) is 7. The predicted octanol–water partition coefficient (Wildman–Crippen LogP) is 4.66. The SMILES string of the molecule is CCCCCCCCCCC(N)C(OCC)C1CC1. The standard InChI is InChI=1S/C17H35NO/c1-3-5-6-7-8-9-10-11-12-16(18)17(19-4-2)15-13-14-15/h15-17H,3-14,18H2,1-2H3. The molecule has 0 radical (unpaired) electrons. The Labute approximate surface area is 120 Å². The quantitative estimate of drug-likeness (QED) is 0.494. The molecule has 0 amide bonds. The van der Waals surface area contributed by atoms with Gasteiger partial charge in [-0.3, -0.25) is 0 Å². The molecule has 1 aliphatic rings. The summed E-state index contributed by atoms with van der Waals surface area (Å²) in [5, 5.41) is 0. The number of hydrogen-bond acceptors (Lipinski definition) is 2. The third kappa shape index (κ3) is 7.94. The third-order valence-electron chi connectivity index (χ3n) is 4.26. The van der Waals surface area contributed by atoms with Gasteiger partial charge in [-0.05, 0) is 32.1 Å². The highest BCUT2D eigenvalue weighted by Crippen LogP contribution is 2.36. The van der Waals surface area contributed by atoms with Gasteiger partial charge in [0, 0.05) is 12.6 Å². The molecule has 2 heteroatoms. The molecule has 0 heterocycles. The summed E-state index contributed by atoms with van der Waals surface area (Å²) >= 11 is 0. The summed E-state index contributed by atoms with van der Waals surface area (Å²) < 4.78 is 5.83. The lowest BCUT2D eigenvalue weighted by molar-refractivity contribution is 0.0262. The fourth-order valence-electron chi connectivity index (χ4n) is 2.90. The molecule has 1 fully saturated rings. The molecule has 1 rings (SSSR count). The first kappa shape index (κ1) is 17.0. The first-order valence-corrected chi connectivity index (χ1v) is 8.66. The molecule has 0 bridgehead atoms. The first-order valence-electron chi connectivity index (χ1n) is 8.66. The van der Waals surface area contributed by atoms with E-state index in [-0.39, 0.29) is 6.04 Å². The highest BCUT2D eigenvalue weighted by atomic mass is 16.5. The number of hydrogen-bond donors (Lipinski definition) is 1. The van der Waals surface area contributed by atoms with Crippen molar-refractivity contribution in [2.75, 3.05) is 6.61 Å². The molecule has 1 saturated carbocycles. The second-order valence-corrected chi connectivity index (χ2v) is 6.18. The largest absolute Gasteiger partial charge is 0.377 e. The Morgan fingerprint density at radius 1 is 0.947 bits per heavy atom. The van der Waals surface area contributed by atoms with Crippen molar-refractivity contribution in [3.63, 3.8) is 0 Å². The summed E-state index contributed by atoms with van der Waals surface area (Å²) in [5.41, 5.74) is 6.30. The lowest BCUT2D eigenvalue weighted by atomic mass is 9.99. The maximum absolute atomic E-state index is 6.30. The smallest absolute Gasteiger partial charge is 0.0753 e. The van der Waals surface area contributed by atoms with Crippen LogP contribution in [0.15, 0.2) is 0 Å². The van der Waals surface area contributed by atoms with E-state index < -0.39 is 0 Å². The van der Waals surface area contributed by atoms with E-state index in [9.17, 15) is 0 Å². The molecule has 0 aliphatic heterocycles. The summed E-state index contributed by atoms with van der Waals surface area (Å²) in [5.74, 6) is 0.768. The molecule has 114 valence electrons. The van der Waals surface area contributed by atoms with Crippen LogP contribution in [-0.4, -0.2) is 18.8 Å². The average molecular weight is 269 g/mol. The molecule has 2 N–H and O–H groups in total. The minimum Gasteiger partial charge on any atom is -0.377 e. The van der Waals surface area contributed by atoms with Crippen LogP contribution in [0.1, 0.15) is 84.5 Å². The Morgan fingerprint density at radius 2 is 1.53 bits per heavy atom. The summed E-state index contributed by atoms with van der Waals surface area (Å²) in [6, 6.07) is 0.271. The lowest BCUT2D eigenvalue weighted by Crippen LogP contribution is -2.38. The van der Waals surface area contributed by atoms with Crippen LogP contribution in [-0.2, 0) is 4.74 Å². The second-order valence-electron chi connectivity index (χ2n) is 6.18. The van der Waals surface area contributed by atoms with Crippen molar-refractivity contribution in [1.29, 1.82) is 0 Å². The normalized spacial score (nSPS) is 18.5. The van der Waals surface area contributed by atoms with E-state index in [2.05, 4.69) is 13.8 Å². The monoisotopic (exact) mass is 269 g/mol. The maximum Gasteiger partial charge on any atom is 0.0753 e. The number of rotatable bonds is 13. The molecular formula is C17H35NO. The molecule has 1 aliphatic carbocycles. The highest BCUT2D eigenvalue weighted by Gasteiger charge is 2.35. The van der Waals surface area contributed by atoms with Gasteiger partial charge in [-0.15, -0.1) is 0 Å². The minimum absolute atomic E-state index is 0.271. The molecule has 0 saturated heterocycles. The highest BCUT2D eigenvalue weighted by molar-refractivity contribution is 4.88. The van der Waals surface area contributed by atoms with E-state index in [4.69, 9.17) is 10.5 Å². The van der Waals surface area contributed by atoms with Gasteiger partial charge in [0.1, 0.15) is 0 Å². The molecule has 2 unspecified atom stereocenters. The third-order valence-corrected chi connectivity index (χ3v) is 4.26. The Hall–Kier alpha value is -0.0800. The van der Waals surface area contributed by atoms with Crippen molar-refractivity contribution in [2.45, 2.75) is 96.6 Å². The van der Waals surface area contributed by atoms with E-state index in [1.807, 2.05) is 0 Å². The topological polar surface area (TPSA) is 35.2 Å². The van der Waals surface area contributed by atoms with Crippen molar-refractivity contribution < 1.29 is 4.74 Å². The summed E-state index contributed by atoms with van der Waals surface area (Å²) in [6.07, 6.45) is 15.2. The lowest BCUT2D eigenvalue weighted by Gasteiger charge is -2.23. The number of nitrogens with two attached hydrogens (primary N) is 1. The fraction of sp³-hybridized carbons (Fsp3) is 1.00. The van der Waals surface area contributed by atoms with E-state index >= 15 is 0 Å². The summed E-state index contributed by atoms with van der Waals surface area (Å²) in [4.78, 5) is 0. The second kappa shape index (κ2) is 10.7. The van der Waals surface area contributed by atoms with Crippen molar-refractivity contribution in [1.82, 2.24) is 0 Å². The van der Waals surface area contributed by atoms with Gasteiger partial charge in [0.05, 0.1) is 6.10 Å². The van der Waals surface area contributed by atoms with Crippen LogP contribution in [0.5, 0.6) is 0 Å². The summed E-state index contributed by atoms with van der Waals surface area (Å²) in [7, 11) is 0. The Morgan fingerprint density at radius 3 is 2.05 bits per heavy atom. The first-order chi connectivity index (χ1) is 9.29.